The zero-order valence-corrected chi connectivity index (χ0v) is 18.0. The van der Waals surface area contributed by atoms with Crippen molar-refractivity contribution >= 4 is 28.4 Å². The van der Waals surface area contributed by atoms with Gasteiger partial charge in [-0.3, -0.25) is 4.79 Å². The minimum atomic E-state index is -0.188. The quantitative estimate of drug-likeness (QED) is 0.428. The SMILES string of the molecule is O=C(COc1ncnc2ccccc12)N1CCC[C@@H]1c1ncc(Cc2ccc(Cl)cc2)o1. The van der Waals surface area contributed by atoms with Gasteiger partial charge in [0, 0.05) is 18.0 Å². The Labute approximate surface area is 190 Å². The number of para-hydroxylation sites is 1. The summed E-state index contributed by atoms with van der Waals surface area (Å²) in [6, 6.07) is 15.0. The van der Waals surface area contributed by atoms with Crippen LogP contribution in [0.1, 0.15) is 36.1 Å². The van der Waals surface area contributed by atoms with Crippen molar-refractivity contribution in [1.29, 1.82) is 0 Å². The Morgan fingerprint density at radius 2 is 1.97 bits per heavy atom. The first-order chi connectivity index (χ1) is 15.7. The Bertz CT molecular complexity index is 1240. The number of halogens is 1. The Balaban J connectivity index is 1.25. The Hall–Kier alpha value is -3.45. The number of ether oxygens (including phenoxy) is 1. The molecule has 0 radical (unpaired) electrons. The van der Waals surface area contributed by atoms with Gasteiger partial charge in [-0.05, 0) is 42.7 Å². The third-order valence-corrected chi connectivity index (χ3v) is 5.81. The van der Waals surface area contributed by atoms with Crippen LogP contribution in [0.2, 0.25) is 5.02 Å². The number of carbonyl (C=O) groups is 1. The third kappa shape index (κ3) is 4.29. The van der Waals surface area contributed by atoms with Crippen LogP contribution < -0.4 is 4.74 Å². The summed E-state index contributed by atoms with van der Waals surface area (Å²) < 4.78 is 11.8. The first-order valence-corrected chi connectivity index (χ1v) is 10.9. The maximum absolute atomic E-state index is 12.9. The number of amides is 1. The number of hydrogen-bond donors (Lipinski definition) is 0. The van der Waals surface area contributed by atoms with Gasteiger partial charge < -0.3 is 14.1 Å². The second kappa shape index (κ2) is 8.96. The van der Waals surface area contributed by atoms with E-state index in [1.807, 2.05) is 48.5 Å². The second-order valence-electron chi connectivity index (χ2n) is 7.70. The summed E-state index contributed by atoms with van der Waals surface area (Å²) in [4.78, 5) is 27.6. The molecule has 32 heavy (non-hydrogen) atoms. The fraction of sp³-hybridized carbons (Fsp3) is 0.250. The van der Waals surface area contributed by atoms with Crippen molar-refractivity contribution < 1.29 is 13.9 Å². The lowest BCUT2D eigenvalue weighted by molar-refractivity contribution is -0.134. The minimum absolute atomic E-state index is 0.101. The fourth-order valence-corrected chi connectivity index (χ4v) is 4.12. The zero-order valence-electron chi connectivity index (χ0n) is 17.3. The summed E-state index contributed by atoms with van der Waals surface area (Å²) in [5.74, 6) is 1.60. The third-order valence-electron chi connectivity index (χ3n) is 5.56. The molecule has 0 unspecified atom stereocenters. The molecule has 1 saturated heterocycles. The normalized spacial score (nSPS) is 15.9. The van der Waals surface area contributed by atoms with E-state index in [1.165, 1.54) is 6.33 Å². The van der Waals surface area contributed by atoms with E-state index >= 15 is 0 Å². The monoisotopic (exact) mass is 448 g/mol. The lowest BCUT2D eigenvalue weighted by Gasteiger charge is -2.22. The number of nitrogens with zero attached hydrogens (tertiary/aromatic N) is 4. The van der Waals surface area contributed by atoms with Gasteiger partial charge in [-0.15, -0.1) is 0 Å². The van der Waals surface area contributed by atoms with Crippen molar-refractivity contribution in [2.75, 3.05) is 13.2 Å². The lowest BCUT2D eigenvalue weighted by Crippen LogP contribution is -2.34. The molecule has 0 aliphatic carbocycles. The van der Waals surface area contributed by atoms with Crippen LogP contribution in [-0.2, 0) is 11.2 Å². The van der Waals surface area contributed by atoms with E-state index < -0.39 is 0 Å². The number of oxazole rings is 1. The zero-order chi connectivity index (χ0) is 21.9. The number of rotatable bonds is 6. The molecule has 1 aliphatic rings. The van der Waals surface area contributed by atoms with E-state index in [0.717, 1.165) is 35.1 Å². The van der Waals surface area contributed by atoms with Gasteiger partial charge in [0.2, 0.25) is 11.8 Å². The topological polar surface area (TPSA) is 81.4 Å². The van der Waals surface area contributed by atoms with Crippen molar-refractivity contribution in [3.8, 4) is 5.88 Å². The minimum Gasteiger partial charge on any atom is -0.467 e. The number of benzene rings is 2. The van der Waals surface area contributed by atoms with Crippen LogP contribution in [0.25, 0.3) is 10.9 Å². The largest absolute Gasteiger partial charge is 0.467 e. The van der Waals surface area contributed by atoms with Crippen molar-refractivity contribution in [2.24, 2.45) is 0 Å². The first kappa shape index (κ1) is 20.5. The summed E-state index contributed by atoms with van der Waals surface area (Å²) in [5.41, 5.74) is 1.86. The van der Waals surface area contributed by atoms with Crippen LogP contribution in [0.3, 0.4) is 0 Å². The molecule has 0 N–H and O–H groups in total. The maximum atomic E-state index is 12.9. The molecule has 1 aliphatic heterocycles. The van der Waals surface area contributed by atoms with Gasteiger partial charge in [-0.1, -0.05) is 35.9 Å². The molecular formula is C24H21ClN4O3. The molecule has 0 saturated carbocycles. The predicted molar refractivity (Wildman–Crippen MR) is 119 cm³/mol. The van der Waals surface area contributed by atoms with Crippen LogP contribution in [0.5, 0.6) is 5.88 Å². The van der Waals surface area contributed by atoms with Crippen LogP contribution in [-0.4, -0.2) is 38.9 Å². The van der Waals surface area contributed by atoms with Gasteiger partial charge in [0.05, 0.1) is 17.1 Å². The Kier molecular flexibility index (Phi) is 5.73. The van der Waals surface area contributed by atoms with E-state index in [9.17, 15) is 4.79 Å². The van der Waals surface area contributed by atoms with Gasteiger partial charge in [-0.25, -0.2) is 15.0 Å². The number of fused-ring (bicyclic) bond motifs is 1. The molecule has 1 fully saturated rings. The van der Waals surface area contributed by atoms with Crippen molar-refractivity contribution in [3.63, 3.8) is 0 Å². The highest BCUT2D eigenvalue weighted by atomic mass is 35.5. The number of hydrogen-bond acceptors (Lipinski definition) is 6. The molecule has 0 spiro atoms. The smallest absolute Gasteiger partial charge is 0.261 e. The second-order valence-corrected chi connectivity index (χ2v) is 8.13. The van der Waals surface area contributed by atoms with Crippen molar-refractivity contribution in [1.82, 2.24) is 19.9 Å². The van der Waals surface area contributed by atoms with E-state index in [-0.39, 0.29) is 18.6 Å². The van der Waals surface area contributed by atoms with Gasteiger partial charge in [0.25, 0.3) is 5.91 Å². The molecule has 8 heteroatoms. The van der Waals surface area contributed by atoms with Crippen LogP contribution in [0.4, 0.5) is 0 Å². The maximum Gasteiger partial charge on any atom is 0.261 e. The van der Waals surface area contributed by atoms with Gasteiger partial charge in [0.1, 0.15) is 18.1 Å². The van der Waals surface area contributed by atoms with E-state index in [4.69, 9.17) is 20.8 Å². The molecule has 2 aromatic carbocycles. The summed E-state index contributed by atoms with van der Waals surface area (Å²) in [5, 5.41) is 1.48. The van der Waals surface area contributed by atoms with E-state index in [0.29, 0.717) is 29.8 Å². The molecule has 162 valence electrons. The summed E-state index contributed by atoms with van der Waals surface area (Å²) in [6.07, 6.45) is 5.49. The number of carbonyl (C=O) groups excluding carboxylic acids is 1. The average Bonchev–Trinajstić information content (AvgIpc) is 3.48. The molecule has 1 atom stereocenters. The number of aromatic nitrogens is 3. The molecule has 3 heterocycles. The molecule has 1 amide bonds. The Morgan fingerprint density at radius 1 is 1.12 bits per heavy atom. The Morgan fingerprint density at radius 3 is 2.84 bits per heavy atom. The summed E-state index contributed by atoms with van der Waals surface area (Å²) in [6.45, 7) is 0.544. The van der Waals surface area contributed by atoms with Crippen LogP contribution in [0.15, 0.2) is 65.5 Å². The molecule has 4 aromatic rings. The fourth-order valence-electron chi connectivity index (χ4n) is 3.99. The van der Waals surface area contributed by atoms with Gasteiger partial charge >= 0.3 is 0 Å². The highest BCUT2D eigenvalue weighted by Crippen LogP contribution is 2.32. The van der Waals surface area contributed by atoms with Gasteiger partial charge in [-0.2, -0.15) is 0 Å². The first-order valence-electron chi connectivity index (χ1n) is 10.5. The van der Waals surface area contributed by atoms with Crippen molar-refractivity contribution in [2.45, 2.75) is 25.3 Å². The molecule has 7 nitrogen and oxygen atoms in total. The van der Waals surface area contributed by atoms with Gasteiger partial charge in [0.15, 0.2) is 6.61 Å². The molecule has 2 aromatic heterocycles. The molecule has 0 bridgehead atoms. The number of likely N-dealkylation sites (tertiary alicyclic amines) is 1. The summed E-state index contributed by atoms with van der Waals surface area (Å²) >= 11 is 5.95. The standard InChI is InChI=1S/C24H21ClN4O3/c25-17-9-7-16(8-10-17)12-18-13-26-24(32-18)21-6-3-11-29(21)22(30)14-31-23-19-4-1-2-5-20(19)27-15-28-23/h1-2,4-5,7-10,13,15,21H,3,6,11-12,14H2/t21-/m1/s1. The van der Waals surface area contributed by atoms with Crippen molar-refractivity contribution in [3.05, 3.63) is 83.3 Å². The highest BCUT2D eigenvalue weighted by Gasteiger charge is 2.33. The average molecular weight is 449 g/mol. The summed E-state index contributed by atoms with van der Waals surface area (Å²) in [7, 11) is 0. The highest BCUT2D eigenvalue weighted by molar-refractivity contribution is 6.30. The molecule has 5 rings (SSSR count). The van der Waals surface area contributed by atoms with Crippen LogP contribution >= 0.6 is 11.6 Å². The predicted octanol–water partition coefficient (Wildman–Crippen LogP) is 4.60. The van der Waals surface area contributed by atoms with E-state index in [1.54, 1.807) is 11.1 Å². The molecular weight excluding hydrogens is 428 g/mol. The lowest BCUT2D eigenvalue weighted by atomic mass is 10.1. The van der Waals surface area contributed by atoms with Crippen LogP contribution in [0, 0.1) is 0 Å². The van der Waals surface area contributed by atoms with E-state index in [2.05, 4.69) is 15.0 Å².